The van der Waals surface area contributed by atoms with Crippen molar-refractivity contribution in [2.45, 2.75) is 36.3 Å². The van der Waals surface area contributed by atoms with Crippen LogP contribution in [-0.2, 0) is 17.6 Å². The quantitative estimate of drug-likeness (QED) is 0.619. The van der Waals surface area contributed by atoms with E-state index < -0.39 is 36.6 Å². The summed E-state index contributed by atoms with van der Waals surface area (Å²) in [5.74, 6) is 0. The standard InChI is InChI=1S/C20H24O5/c21-13-17-19(23,11-15-7-3-1-4-8-15)20(24,18(14-22)25-17)12-16-9-5-2-6-10-16/h1-10,17-18,21-24H,11-14H2. The Bertz CT molecular complexity index is 618. The van der Waals surface area contributed by atoms with Gasteiger partial charge in [-0.15, -0.1) is 0 Å². The zero-order valence-corrected chi connectivity index (χ0v) is 14.0. The molecule has 134 valence electrons. The SMILES string of the molecule is OCC1OC(CO)C(O)(Cc2ccccc2)C1(O)Cc1ccccc1. The molecule has 0 aliphatic carbocycles. The van der Waals surface area contributed by atoms with Crippen LogP contribution in [0.4, 0.5) is 0 Å². The van der Waals surface area contributed by atoms with E-state index in [0.29, 0.717) is 0 Å². The van der Waals surface area contributed by atoms with E-state index >= 15 is 0 Å². The van der Waals surface area contributed by atoms with Crippen molar-refractivity contribution in [3.8, 4) is 0 Å². The van der Waals surface area contributed by atoms with Gasteiger partial charge in [0, 0.05) is 12.8 Å². The highest BCUT2D eigenvalue weighted by Crippen LogP contribution is 2.44. The second-order valence-corrected chi connectivity index (χ2v) is 6.65. The molecule has 4 atom stereocenters. The summed E-state index contributed by atoms with van der Waals surface area (Å²) in [6.07, 6.45) is -1.75. The summed E-state index contributed by atoms with van der Waals surface area (Å²) in [7, 11) is 0. The zero-order valence-electron chi connectivity index (χ0n) is 14.0. The molecule has 0 bridgehead atoms. The van der Waals surface area contributed by atoms with Gasteiger partial charge >= 0.3 is 0 Å². The van der Waals surface area contributed by atoms with Crippen LogP contribution in [0.2, 0.25) is 0 Å². The van der Waals surface area contributed by atoms with Crippen LogP contribution in [0, 0.1) is 0 Å². The molecule has 3 rings (SSSR count). The molecular formula is C20H24O5. The molecule has 1 aliphatic rings. The first-order chi connectivity index (χ1) is 12.0. The number of hydrogen-bond donors (Lipinski definition) is 4. The van der Waals surface area contributed by atoms with Crippen LogP contribution in [0.5, 0.6) is 0 Å². The second kappa shape index (κ2) is 7.23. The first-order valence-corrected chi connectivity index (χ1v) is 8.43. The number of benzene rings is 2. The Morgan fingerprint density at radius 3 is 1.36 bits per heavy atom. The maximum absolute atomic E-state index is 11.4. The summed E-state index contributed by atoms with van der Waals surface area (Å²) >= 11 is 0. The van der Waals surface area contributed by atoms with E-state index in [1.165, 1.54) is 0 Å². The average Bonchev–Trinajstić information content (AvgIpc) is 2.83. The predicted molar refractivity (Wildman–Crippen MR) is 93.0 cm³/mol. The van der Waals surface area contributed by atoms with Crippen LogP contribution in [0.3, 0.4) is 0 Å². The van der Waals surface area contributed by atoms with Crippen molar-refractivity contribution in [1.29, 1.82) is 0 Å². The van der Waals surface area contributed by atoms with Gasteiger partial charge in [0.25, 0.3) is 0 Å². The highest BCUT2D eigenvalue weighted by molar-refractivity contribution is 5.27. The molecule has 0 saturated carbocycles. The lowest BCUT2D eigenvalue weighted by Gasteiger charge is -2.41. The molecule has 4 unspecified atom stereocenters. The van der Waals surface area contributed by atoms with Gasteiger partial charge in [0.2, 0.25) is 0 Å². The molecule has 4 N–H and O–H groups in total. The number of aliphatic hydroxyl groups excluding tert-OH is 2. The summed E-state index contributed by atoms with van der Waals surface area (Å²) in [5, 5.41) is 42.3. The summed E-state index contributed by atoms with van der Waals surface area (Å²) in [5.41, 5.74) is -1.83. The van der Waals surface area contributed by atoms with Crippen molar-refractivity contribution in [2.24, 2.45) is 0 Å². The topological polar surface area (TPSA) is 90.2 Å². The van der Waals surface area contributed by atoms with Crippen molar-refractivity contribution in [3.05, 3.63) is 71.8 Å². The molecular weight excluding hydrogens is 320 g/mol. The molecule has 5 nitrogen and oxygen atoms in total. The van der Waals surface area contributed by atoms with E-state index in [2.05, 4.69) is 0 Å². The van der Waals surface area contributed by atoms with Gasteiger partial charge in [-0.3, -0.25) is 0 Å². The molecule has 1 aliphatic heterocycles. The van der Waals surface area contributed by atoms with Gasteiger partial charge < -0.3 is 25.2 Å². The van der Waals surface area contributed by atoms with Crippen molar-refractivity contribution in [1.82, 2.24) is 0 Å². The maximum atomic E-state index is 11.4. The molecule has 0 spiro atoms. The largest absolute Gasteiger partial charge is 0.394 e. The van der Waals surface area contributed by atoms with E-state index in [9.17, 15) is 20.4 Å². The van der Waals surface area contributed by atoms with E-state index in [0.717, 1.165) is 11.1 Å². The fourth-order valence-corrected chi connectivity index (χ4v) is 3.72. The Kier molecular flexibility index (Phi) is 5.22. The van der Waals surface area contributed by atoms with Crippen LogP contribution in [0.1, 0.15) is 11.1 Å². The van der Waals surface area contributed by atoms with Crippen LogP contribution in [0.15, 0.2) is 60.7 Å². The fourth-order valence-electron chi connectivity index (χ4n) is 3.72. The van der Waals surface area contributed by atoms with Crippen LogP contribution in [-0.4, -0.2) is 57.0 Å². The number of aliphatic hydroxyl groups is 4. The Morgan fingerprint density at radius 2 is 1.04 bits per heavy atom. The van der Waals surface area contributed by atoms with Gasteiger partial charge in [-0.25, -0.2) is 0 Å². The normalized spacial score (nSPS) is 32.0. The summed E-state index contributed by atoms with van der Waals surface area (Å²) in [6, 6.07) is 18.5. The molecule has 0 radical (unpaired) electrons. The lowest BCUT2D eigenvalue weighted by atomic mass is 9.71. The van der Waals surface area contributed by atoms with Crippen molar-refractivity contribution in [2.75, 3.05) is 13.2 Å². The Morgan fingerprint density at radius 1 is 0.680 bits per heavy atom. The molecule has 25 heavy (non-hydrogen) atoms. The predicted octanol–water partition coefficient (Wildman–Crippen LogP) is 0.686. The Balaban J connectivity index is 2.00. The minimum Gasteiger partial charge on any atom is -0.394 e. The number of rotatable bonds is 6. The van der Waals surface area contributed by atoms with Gasteiger partial charge in [-0.1, -0.05) is 60.7 Å². The molecule has 5 heteroatoms. The monoisotopic (exact) mass is 344 g/mol. The minimum atomic E-state index is -1.73. The summed E-state index contributed by atoms with van der Waals surface area (Å²) in [4.78, 5) is 0. The molecule has 0 amide bonds. The molecule has 1 fully saturated rings. The third kappa shape index (κ3) is 3.21. The molecule has 2 aromatic carbocycles. The van der Waals surface area contributed by atoms with E-state index in [1.54, 1.807) is 0 Å². The van der Waals surface area contributed by atoms with Gasteiger partial charge in [0.15, 0.2) is 0 Å². The third-order valence-corrected chi connectivity index (χ3v) is 5.11. The fraction of sp³-hybridized carbons (Fsp3) is 0.400. The van der Waals surface area contributed by atoms with Crippen molar-refractivity contribution >= 4 is 0 Å². The van der Waals surface area contributed by atoms with Gasteiger partial charge in [-0.05, 0) is 11.1 Å². The lowest BCUT2D eigenvalue weighted by molar-refractivity contribution is -0.149. The summed E-state index contributed by atoms with van der Waals surface area (Å²) in [6.45, 7) is -0.895. The Labute approximate surface area is 147 Å². The Hall–Kier alpha value is -1.76. The number of ether oxygens (including phenoxy) is 1. The summed E-state index contributed by atoms with van der Waals surface area (Å²) < 4.78 is 5.64. The van der Waals surface area contributed by atoms with Crippen molar-refractivity contribution in [3.63, 3.8) is 0 Å². The van der Waals surface area contributed by atoms with E-state index in [1.807, 2.05) is 60.7 Å². The van der Waals surface area contributed by atoms with Crippen LogP contribution in [0.25, 0.3) is 0 Å². The second-order valence-electron chi connectivity index (χ2n) is 6.65. The van der Waals surface area contributed by atoms with Gasteiger partial charge in [0.05, 0.1) is 13.2 Å². The van der Waals surface area contributed by atoms with Gasteiger partial charge in [0.1, 0.15) is 23.4 Å². The first-order valence-electron chi connectivity index (χ1n) is 8.43. The van der Waals surface area contributed by atoms with Crippen LogP contribution < -0.4 is 0 Å². The molecule has 1 heterocycles. The van der Waals surface area contributed by atoms with Crippen molar-refractivity contribution < 1.29 is 25.2 Å². The highest BCUT2D eigenvalue weighted by atomic mass is 16.6. The molecule has 0 aromatic heterocycles. The highest BCUT2D eigenvalue weighted by Gasteiger charge is 2.64. The lowest BCUT2D eigenvalue weighted by Crippen LogP contribution is -2.62. The van der Waals surface area contributed by atoms with Gasteiger partial charge in [-0.2, -0.15) is 0 Å². The minimum absolute atomic E-state index is 0.110. The molecule has 1 saturated heterocycles. The first kappa shape index (κ1) is 18.0. The van der Waals surface area contributed by atoms with E-state index in [-0.39, 0.29) is 12.8 Å². The maximum Gasteiger partial charge on any atom is 0.128 e. The molecule has 2 aromatic rings. The average molecular weight is 344 g/mol. The van der Waals surface area contributed by atoms with E-state index in [4.69, 9.17) is 4.74 Å². The zero-order chi connectivity index (χ0) is 17.9. The van der Waals surface area contributed by atoms with Crippen LogP contribution >= 0.6 is 0 Å². The number of hydrogen-bond acceptors (Lipinski definition) is 5. The smallest absolute Gasteiger partial charge is 0.128 e. The third-order valence-electron chi connectivity index (χ3n) is 5.11.